The molecule has 1 aromatic carbocycles. The molecule has 0 aliphatic heterocycles. The van der Waals surface area contributed by atoms with Gasteiger partial charge in [0.05, 0.1) is 6.61 Å². The first-order valence-electron chi connectivity index (χ1n) is 9.18. The fraction of sp³-hybridized carbons (Fsp3) is 0.550. The molecule has 1 aromatic heterocycles. The van der Waals surface area contributed by atoms with E-state index in [2.05, 4.69) is 52.7 Å². The van der Waals surface area contributed by atoms with Gasteiger partial charge in [-0.2, -0.15) is 5.10 Å². The summed E-state index contributed by atoms with van der Waals surface area (Å²) in [4.78, 5) is 0. The Morgan fingerprint density at radius 1 is 1.00 bits per heavy atom. The molecule has 1 heterocycles. The maximum absolute atomic E-state index is 6.83. The Labute approximate surface area is 158 Å². The lowest BCUT2D eigenvalue weighted by Gasteiger charge is -2.43. The SMILES string of the molecule is CC(C)[Si](OCC(c1ccccc1Cl)n1cccn1)(C(C)C)C(C)C. The highest BCUT2D eigenvalue weighted by Crippen LogP contribution is 2.43. The van der Waals surface area contributed by atoms with Gasteiger partial charge in [-0.1, -0.05) is 71.3 Å². The van der Waals surface area contributed by atoms with Crippen molar-refractivity contribution in [1.82, 2.24) is 9.78 Å². The molecule has 0 N–H and O–H groups in total. The van der Waals surface area contributed by atoms with Crippen LogP contribution in [0, 0.1) is 0 Å². The Kier molecular flexibility index (Phi) is 6.89. The zero-order chi connectivity index (χ0) is 18.6. The van der Waals surface area contributed by atoms with Crippen molar-refractivity contribution in [3.05, 3.63) is 53.3 Å². The predicted octanol–water partition coefficient (Wildman–Crippen LogP) is 6.32. The van der Waals surface area contributed by atoms with Crippen LogP contribution in [-0.4, -0.2) is 24.7 Å². The molecule has 3 nitrogen and oxygen atoms in total. The second-order valence-electron chi connectivity index (χ2n) is 7.65. The molecule has 5 heteroatoms. The molecule has 0 aliphatic rings. The summed E-state index contributed by atoms with van der Waals surface area (Å²) < 4.78 is 8.79. The second-order valence-corrected chi connectivity index (χ2v) is 13.5. The first-order chi connectivity index (χ1) is 11.8. The molecule has 0 saturated carbocycles. The summed E-state index contributed by atoms with van der Waals surface area (Å²) in [6, 6.07) is 9.93. The molecule has 25 heavy (non-hydrogen) atoms. The lowest BCUT2D eigenvalue weighted by molar-refractivity contribution is 0.232. The molecule has 138 valence electrons. The summed E-state index contributed by atoms with van der Waals surface area (Å²) >= 11 is 6.49. The van der Waals surface area contributed by atoms with Gasteiger partial charge in [0.25, 0.3) is 0 Å². The third kappa shape index (κ3) is 4.18. The van der Waals surface area contributed by atoms with Crippen LogP contribution in [0.15, 0.2) is 42.7 Å². The van der Waals surface area contributed by atoms with Gasteiger partial charge in [-0.15, -0.1) is 0 Å². The van der Waals surface area contributed by atoms with E-state index < -0.39 is 8.32 Å². The highest BCUT2D eigenvalue weighted by Gasteiger charge is 2.45. The Morgan fingerprint density at radius 2 is 1.60 bits per heavy atom. The van der Waals surface area contributed by atoms with Gasteiger partial charge in [0.1, 0.15) is 6.04 Å². The number of halogens is 1. The number of hydrogen-bond donors (Lipinski definition) is 0. The Hall–Kier alpha value is -1.10. The van der Waals surface area contributed by atoms with Gasteiger partial charge in [-0.3, -0.25) is 4.68 Å². The van der Waals surface area contributed by atoms with Gasteiger partial charge in [-0.05, 0) is 34.3 Å². The van der Waals surface area contributed by atoms with Crippen molar-refractivity contribution in [2.75, 3.05) is 6.61 Å². The maximum Gasteiger partial charge on any atom is 0.200 e. The largest absolute Gasteiger partial charge is 0.413 e. The highest BCUT2D eigenvalue weighted by molar-refractivity contribution is 6.77. The number of hydrogen-bond acceptors (Lipinski definition) is 2. The third-order valence-corrected chi connectivity index (χ3v) is 11.7. The van der Waals surface area contributed by atoms with Crippen LogP contribution >= 0.6 is 11.6 Å². The minimum atomic E-state index is -1.94. The first kappa shape index (κ1) is 20.2. The number of rotatable bonds is 8. The normalized spacial score (nSPS) is 13.8. The van der Waals surface area contributed by atoms with Crippen LogP contribution in [0.2, 0.25) is 21.6 Å². The van der Waals surface area contributed by atoms with Crippen LogP contribution in [0.1, 0.15) is 53.1 Å². The molecule has 1 unspecified atom stereocenters. The summed E-state index contributed by atoms with van der Waals surface area (Å²) in [5.41, 5.74) is 2.72. The van der Waals surface area contributed by atoms with E-state index in [1.165, 1.54) is 0 Å². The fourth-order valence-electron chi connectivity index (χ4n) is 4.24. The molecule has 2 rings (SSSR count). The molecule has 0 aliphatic carbocycles. The van der Waals surface area contributed by atoms with E-state index >= 15 is 0 Å². The summed E-state index contributed by atoms with van der Waals surface area (Å²) in [7, 11) is -1.94. The van der Waals surface area contributed by atoms with E-state index in [9.17, 15) is 0 Å². The molecule has 2 aromatic rings. The minimum Gasteiger partial charge on any atom is -0.413 e. The van der Waals surface area contributed by atoms with E-state index in [1.807, 2.05) is 41.3 Å². The van der Waals surface area contributed by atoms with Gasteiger partial charge in [-0.25, -0.2) is 0 Å². The van der Waals surface area contributed by atoms with Crippen molar-refractivity contribution < 1.29 is 4.43 Å². The van der Waals surface area contributed by atoms with Gasteiger partial charge in [0.2, 0.25) is 0 Å². The van der Waals surface area contributed by atoms with Crippen LogP contribution in [0.3, 0.4) is 0 Å². The van der Waals surface area contributed by atoms with E-state index in [4.69, 9.17) is 16.0 Å². The van der Waals surface area contributed by atoms with Crippen LogP contribution in [0.25, 0.3) is 0 Å². The maximum atomic E-state index is 6.83. The topological polar surface area (TPSA) is 27.1 Å². The van der Waals surface area contributed by atoms with Crippen molar-refractivity contribution in [3.8, 4) is 0 Å². The van der Waals surface area contributed by atoms with Crippen LogP contribution < -0.4 is 0 Å². The lowest BCUT2D eigenvalue weighted by atomic mass is 10.1. The summed E-state index contributed by atoms with van der Waals surface area (Å²) in [6.45, 7) is 14.5. The highest BCUT2D eigenvalue weighted by atomic mass is 35.5. The zero-order valence-corrected chi connectivity index (χ0v) is 18.0. The standard InChI is InChI=1S/C20H31ClN2OSi/c1-15(2)25(16(3)4,17(5)6)24-14-20(23-13-9-12-22-23)18-10-7-8-11-19(18)21/h7-13,15-17,20H,14H2,1-6H3. The molecule has 0 radical (unpaired) electrons. The second kappa shape index (κ2) is 8.52. The molecular formula is C20H31ClN2OSi. The molecule has 0 spiro atoms. The summed E-state index contributed by atoms with van der Waals surface area (Å²) in [5, 5.41) is 5.22. The van der Waals surface area contributed by atoms with Crippen molar-refractivity contribution in [2.45, 2.75) is 64.2 Å². The number of benzene rings is 1. The Balaban J connectivity index is 2.36. The van der Waals surface area contributed by atoms with E-state index in [0.717, 1.165) is 10.6 Å². The van der Waals surface area contributed by atoms with Gasteiger partial charge in [0.15, 0.2) is 8.32 Å². The average molecular weight is 379 g/mol. The molecule has 0 amide bonds. The number of nitrogens with zero attached hydrogens (tertiary/aromatic N) is 2. The third-order valence-electron chi connectivity index (χ3n) is 5.31. The van der Waals surface area contributed by atoms with Crippen molar-refractivity contribution in [2.24, 2.45) is 0 Å². The van der Waals surface area contributed by atoms with Gasteiger partial charge < -0.3 is 4.43 Å². The smallest absolute Gasteiger partial charge is 0.200 e. The Bertz CT molecular complexity index is 634. The Morgan fingerprint density at radius 3 is 2.08 bits per heavy atom. The quantitative estimate of drug-likeness (QED) is 0.502. The minimum absolute atomic E-state index is 0.00757. The summed E-state index contributed by atoms with van der Waals surface area (Å²) in [5.74, 6) is 0. The fourth-order valence-corrected chi connectivity index (χ4v) is 9.95. The lowest BCUT2D eigenvalue weighted by Crippen LogP contribution is -2.48. The van der Waals surface area contributed by atoms with Crippen molar-refractivity contribution >= 4 is 19.9 Å². The van der Waals surface area contributed by atoms with Crippen LogP contribution in [0.4, 0.5) is 0 Å². The van der Waals surface area contributed by atoms with Gasteiger partial charge in [0, 0.05) is 17.4 Å². The van der Waals surface area contributed by atoms with Crippen molar-refractivity contribution in [3.63, 3.8) is 0 Å². The number of aromatic nitrogens is 2. The summed E-state index contributed by atoms with van der Waals surface area (Å²) in [6.07, 6.45) is 3.79. The monoisotopic (exact) mass is 378 g/mol. The zero-order valence-electron chi connectivity index (χ0n) is 16.2. The van der Waals surface area contributed by atoms with E-state index in [0.29, 0.717) is 23.2 Å². The van der Waals surface area contributed by atoms with E-state index in [-0.39, 0.29) is 6.04 Å². The first-order valence-corrected chi connectivity index (χ1v) is 11.7. The molecule has 1 atom stereocenters. The van der Waals surface area contributed by atoms with Crippen molar-refractivity contribution in [1.29, 1.82) is 0 Å². The molecule has 0 saturated heterocycles. The average Bonchev–Trinajstić information content (AvgIpc) is 3.05. The van der Waals surface area contributed by atoms with Crippen LogP contribution in [0.5, 0.6) is 0 Å². The molecular weight excluding hydrogens is 348 g/mol. The predicted molar refractivity (Wildman–Crippen MR) is 109 cm³/mol. The van der Waals surface area contributed by atoms with Crippen LogP contribution in [-0.2, 0) is 4.43 Å². The molecule has 0 fully saturated rings. The molecule has 0 bridgehead atoms. The van der Waals surface area contributed by atoms with Gasteiger partial charge >= 0.3 is 0 Å². The van der Waals surface area contributed by atoms with E-state index in [1.54, 1.807) is 0 Å².